The van der Waals surface area contributed by atoms with E-state index in [-0.39, 0.29) is 5.91 Å². The highest BCUT2D eigenvalue weighted by molar-refractivity contribution is 6.02. The van der Waals surface area contributed by atoms with Crippen molar-refractivity contribution < 1.29 is 4.79 Å². The number of benzene rings is 1. The van der Waals surface area contributed by atoms with E-state index in [1.807, 2.05) is 29.4 Å². The SMILES string of the molecule is Cc1cc2c(ncn2-c2ncnc(N)c2C)c(CC(C)C)c1C(=O)N1CCC1. The molecule has 2 aromatic heterocycles. The van der Waals surface area contributed by atoms with E-state index in [9.17, 15) is 4.79 Å². The van der Waals surface area contributed by atoms with Crippen LogP contribution in [0.1, 0.15) is 47.3 Å². The maximum absolute atomic E-state index is 13.1. The smallest absolute Gasteiger partial charge is 0.254 e. The Labute approximate surface area is 164 Å². The van der Waals surface area contributed by atoms with Crippen LogP contribution in [-0.4, -0.2) is 43.4 Å². The van der Waals surface area contributed by atoms with Crippen LogP contribution in [0, 0.1) is 19.8 Å². The molecule has 1 aromatic carbocycles. The molecule has 7 heteroatoms. The fourth-order valence-electron chi connectivity index (χ4n) is 3.81. The molecule has 1 fully saturated rings. The maximum Gasteiger partial charge on any atom is 0.254 e. The van der Waals surface area contributed by atoms with E-state index in [1.54, 1.807) is 6.33 Å². The molecule has 0 bridgehead atoms. The Balaban J connectivity index is 1.95. The lowest BCUT2D eigenvalue weighted by Gasteiger charge is -2.32. The highest BCUT2D eigenvalue weighted by Gasteiger charge is 2.28. The molecule has 1 amide bonds. The van der Waals surface area contributed by atoms with Crippen molar-refractivity contribution in [2.24, 2.45) is 5.92 Å². The Hall–Kier alpha value is -2.96. The molecule has 3 heterocycles. The number of rotatable bonds is 4. The number of hydrogen-bond acceptors (Lipinski definition) is 5. The minimum Gasteiger partial charge on any atom is -0.383 e. The van der Waals surface area contributed by atoms with Gasteiger partial charge in [0.05, 0.1) is 11.0 Å². The summed E-state index contributed by atoms with van der Waals surface area (Å²) in [6, 6.07) is 2.04. The van der Waals surface area contributed by atoms with Crippen LogP contribution in [0.3, 0.4) is 0 Å². The number of imidazole rings is 1. The molecule has 7 nitrogen and oxygen atoms in total. The van der Waals surface area contributed by atoms with E-state index in [0.29, 0.717) is 17.6 Å². The average Bonchev–Trinajstić information content (AvgIpc) is 2.98. The summed E-state index contributed by atoms with van der Waals surface area (Å²) in [5.74, 6) is 1.70. The van der Waals surface area contributed by atoms with Crippen molar-refractivity contribution in [2.75, 3.05) is 18.8 Å². The van der Waals surface area contributed by atoms with E-state index < -0.39 is 0 Å². The lowest BCUT2D eigenvalue weighted by molar-refractivity contribution is 0.0650. The average molecular weight is 378 g/mol. The van der Waals surface area contributed by atoms with Crippen LogP contribution in [0.15, 0.2) is 18.7 Å². The number of amides is 1. The highest BCUT2D eigenvalue weighted by atomic mass is 16.2. The summed E-state index contributed by atoms with van der Waals surface area (Å²) < 4.78 is 1.94. The van der Waals surface area contributed by atoms with Crippen LogP contribution in [0.4, 0.5) is 5.82 Å². The highest BCUT2D eigenvalue weighted by Crippen LogP contribution is 2.31. The third kappa shape index (κ3) is 2.91. The van der Waals surface area contributed by atoms with Gasteiger partial charge in [-0.2, -0.15) is 0 Å². The molecule has 2 N–H and O–H groups in total. The number of aromatic nitrogens is 4. The summed E-state index contributed by atoms with van der Waals surface area (Å²) in [4.78, 5) is 28.2. The molecule has 1 saturated heterocycles. The van der Waals surface area contributed by atoms with Crippen molar-refractivity contribution in [1.29, 1.82) is 0 Å². The van der Waals surface area contributed by atoms with Gasteiger partial charge in [-0.15, -0.1) is 0 Å². The molecular formula is C21H26N6O. The minimum atomic E-state index is 0.123. The largest absolute Gasteiger partial charge is 0.383 e. The van der Waals surface area contributed by atoms with Gasteiger partial charge in [0.15, 0.2) is 0 Å². The Kier molecular flexibility index (Phi) is 4.53. The molecule has 146 valence electrons. The Morgan fingerprint density at radius 2 is 1.96 bits per heavy atom. The second-order valence-electron chi connectivity index (χ2n) is 7.98. The van der Waals surface area contributed by atoms with Crippen LogP contribution in [0.25, 0.3) is 16.9 Å². The van der Waals surface area contributed by atoms with Crippen molar-refractivity contribution in [3.8, 4) is 5.82 Å². The van der Waals surface area contributed by atoms with Gasteiger partial charge in [-0.1, -0.05) is 13.8 Å². The Morgan fingerprint density at radius 3 is 2.61 bits per heavy atom. The molecule has 0 atom stereocenters. The van der Waals surface area contributed by atoms with Gasteiger partial charge in [-0.3, -0.25) is 9.36 Å². The number of fused-ring (bicyclic) bond motifs is 1. The van der Waals surface area contributed by atoms with E-state index in [4.69, 9.17) is 10.7 Å². The number of aryl methyl sites for hydroxylation is 1. The Bertz CT molecular complexity index is 1060. The number of nitrogens with two attached hydrogens (primary N) is 1. The first-order valence-electron chi connectivity index (χ1n) is 9.74. The summed E-state index contributed by atoms with van der Waals surface area (Å²) in [7, 11) is 0. The van der Waals surface area contributed by atoms with Gasteiger partial charge < -0.3 is 10.6 Å². The fraction of sp³-hybridized carbons (Fsp3) is 0.429. The quantitative estimate of drug-likeness (QED) is 0.753. The Morgan fingerprint density at radius 1 is 1.21 bits per heavy atom. The second-order valence-corrected chi connectivity index (χ2v) is 7.98. The third-order valence-electron chi connectivity index (χ3n) is 5.43. The normalized spacial score (nSPS) is 14.0. The molecule has 28 heavy (non-hydrogen) atoms. The first-order valence-corrected chi connectivity index (χ1v) is 9.74. The topological polar surface area (TPSA) is 89.9 Å². The molecule has 0 unspecified atom stereocenters. The van der Waals surface area contributed by atoms with Crippen molar-refractivity contribution in [3.63, 3.8) is 0 Å². The molecule has 0 spiro atoms. The summed E-state index contributed by atoms with van der Waals surface area (Å²) in [5, 5.41) is 0. The number of anilines is 1. The first-order chi connectivity index (χ1) is 13.4. The molecule has 1 aliphatic heterocycles. The van der Waals surface area contributed by atoms with E-state index in [2.05, 4.69) is 23.8 Å². The summed E-state index contributed by atoms with van der Waals surface area (Å²) in [6.45, 7) is 9.92. The van der Waals surface area contributed by atoms with E-state index >= 15 is 0 Å². The van der Waals surface area contributed by atoms with Gasteiger partial charge in [-0.25, -0.2) is 15.0 Å². The number of carbonyl (C=O) groups is 1. The molecule has 0 radical (unpaired) electrons. The molecule has 3 aromatic rings. The number of hydrogen-bond donors (Lipinski definition) is 1. The standard InChI is InChI=1S/C21H26N6O/c1-12(2)8-15-17(21(28)26-6-5-7-26)13(3)9-16-18(15)25-11-27(16)20-14(4)19(22)23-10-24-20/h9-12H,5-8H2,1-4H3,(H2,22,23,24). The lowest BCUT2D eigenvalue weighted by atomic mass is 9.92. The van der Waals surface area contributed by atoms with Gasteiger partial charge in [-0.05, 0) is 49.8 Å². The van der Waals surface area contributed by atoms with Crippen LogP contribution in [0.2, 0.25) is 0 Å². The summed E-state index contributed by atoms with van der Waals surface area (Å²) in [6.07, 6.45) is 5.11. The monoisotopic (exact) mass is 378 g/mol. The predicted molar refractivity (Wildman–Crippen MR) is 110 cm³/mol. The van der Waals surface area contributed by atoms with E-state index in [1.165, 1.54) is 6.33 Å². The first kappa shape index (κ1) is 18.4. The van der Waals surface area contributed by atoms with Gasteiger partial charge in [0.25, 0.3) is 5.91 Å². The van der Waals surface area contributed by atoms with Crippen molar-refractivity contribution in [2.45, 2.75) is 40.5 Å². The zero-order valence-electron chi connectivity index (χ0n) is 16.9. The lowest BCUT2D eigenvalue weighted by Crippen LogP contribution is -2.42. The molecule has 0 aliphatic carbocycles. The number of nitrogens with zero attached hydrogens (tertiary/aromatic N) is 5. The van der Waals surface area contributed by atoms with Gasteiger partial charge in [0.2, 0.25) is 0 Å². The summed E-state index contributed by atoms with van der Waals surface area (Å²) >= 11 is 0. The fourth-order valence-corrected chi connectivity index (χ4v) is 3.81. The van der Waals surface area contributed by atoms with Gasteiger partial charge >= 0.3 is 0 Å². The predicted octanol–water partition coefficient (Wildman–Crippen LogP) is 3.06. The zero-order chi connectivity index (χ0) is 20.0. The van der Waals surface area contributed by atoms with Crippen molar-refractivity contribution in [1.82, 2.24) is 24.4 Å². The maximum atomic E-state index is 13.1. The molecule has 1 aliphatic rings. The van der Waals surface area contributed by atoms with Gasteiger partial charge in [0.1, 0.15) is 24.3 Å². The van der Waals surface area contributed by atoms with E-state index in [0.717, 1.165) is 59.2 Å². The summed E-state index contributed by atoms with van der Waals surface area (Å²) in [5.41, 5.74) is 11.4. The second kappa shape index (κ2) is 6.89. The van der Waals surface area contributed by atoms with Crippen LogP contribution < -0.4 is 5.73 Å². The number of likely N-dealkylation sites (tertiary alicyclic amines) is 1. The van der Waals surface area contributed by atoms with Crippen LogP contribution >= 0.6 is 0 Å². The zero-order valence-corrected chi connectivity index (χ0v) is 16.9. The van der Waals surface area contributed by atoms with Crippen molar-refractivity contribution >= 4 is 22.8 Å². The van der Waals surface area contributed by atoms with Crippen LogP contribution in [0.5, 0.6) is 0 Å². The van der Waals surface area contributed by atoms with Gasteiger partial charge in [0, 0.05) is 24.2 Å². The van der Waals surface area contributed by atoms with Crippen molar-refractivity contribution in [3.05, 3.63) is 41.0 Å². The molecule has 0 saturated carbocycles. The number of nitrogen functional groups attached to an aromatic ring is 1. The molecular weight excluding hydrogens is 352 g/mol. The third-order valence-corrected chi connectivity index (χ3v) is 5.43. The van der Waals surface area contributed by atoms with Crippen LogP contribution in [-0.2, 0) is 6.42 Å². The molecule has 4 rings (SSSR count). The minimum absolute atomic E-state index is 0.123. The number of carbonyl (C=O) groups excluding carboxylic acids is 1.